The summed E-state index contributed by atoms with van der Waals surface area (Å²) in [5.41, 5.74) is 2.52. The minimum Gasteiger partial charge on any atom is -0.438 e. The van der Waals surface area contributed by atoms with E-state index >= 15 is 0 Å². The maximum atomic E-state index is 6.35. The summed E-state index contributed by atoms with van der Waals surface area (Å²) in [4.78, 5) is 14.7. The van der Waals surface area contributed by atoms with Crippen LogP contribution in [-0.4, -0.2) is 41.2 Å². The molecule has 3 heterocycles. The summed E-state index contributed by atoms with van der Waals surface area (Å²) >= 11 is 1.82. The van der Waals surface area contributed by atoms with Gasteiger partial charge in [-0.05, 0) is 43.4 Å². The lowest BCUT2D eigenvalue weighted by molar-refractivity contribution is 0.0330. The maximum Gasteiger partial charge on any atom is 0.231 e. The van der Waals surface area contributed by atoms with Gasteiger partial charge in [0.2, 0.25) is 5.88 Å². The number of morpholine rings is 1. The molecule has 0 atom stereocenters. The van der Waals surface area contributed by atoms with Gasteiger partial charge >= 0.3 is 0 Å². The van der Waals surface area contributed by atoms with Gasteiger partial charge in [-0.25, -0.2) is 4.98 Å². The maximum absolute atomic E-state index is 6.35. The molecule has 1 aromatic carbocycles. The minimum absolute atomic E-state index is 0.719. The molecule has 5 nitrogen and oxygen atoms in total. The van der Waals surface area contributed by atoms with Crippen molar-refractivity contribution in [2.24, 2.45) is 0 Å². The number of ether oxygens (including phenoxy) is 2. The molecule has 27 heavy (non-hydrogen) atoms. The summed E-state index contributed by atoms with van der Waals surface area (Å²) in [7, 11) is 0. The Hall–Kier alpha value is -2.02. The zero-order chi connectivity index (χ0) is 18.2. The molecule has 0 saturated carbocycles. The highest BCUT2D eigenvalue weighted by Crippen LogP contribution is 2.41. The molecule has 140 valence electrons. The van der Waals surface area contributed by atoms with Crippen LogP contribution < -0.4 is 4.74 Å². The fourth-order valence-corrected chi connectivity index (χ4v) is 5.15. The van der Waals surface area contributed by atoms with Crippen molar-refractivity contribution < 1.29 is 9.47 Å². The van der Waals surface area contributed by atoms with Gasteiger partial charge in [-0.1, -0.05) is 18.2 Å². The summed E-state index contributed by atoms with van der Waals surface area (Å²) in [5.74, 6) is 2.43. The molecule has 2 aliphatic rings. The third kappa shape index (κ3) is 3.33. The third-order valence-corrected chi connectivity index (χ3v) is 6.53. The largest absolute Gasteiger partial charge is 0.438 e. The Morgan fingerprint density at radius 1 is 1.15 bits per heavy atom. The van der Waals surface area contributed by atoms with Crippen LogP contribution in [0.1, 0.15) is 28.2 Å². The lowest BCUT2D eigenvalue weighted by Crippen LogP contribution is -2.36. The first-order valence-electron chi connectivity index (χ1n) is 9.62. The standard InChI is InChI=1S/C21H23N3O2S/c1-14-5-2-3-7-16(14)26-20-19-15-6-4-8-17(15)27-21(19)23-18(22-20)13-24-9-11-25-12-10-24/h2-3,5,7H,4,6,8-13H2,1H3. The lowest BCUT2D eigenvalue weighted by atomic mass is 10.2. The summed E-state index contributed by atoms with van der Waals surface area (Å²) in [6, 6.07) is 8.12. The molecular weight excluding hydrogens is 358 g/mol. The van der Waals surface area contributed by atoms with E-state index in [9.17, 15) is 0 Å². The van der Waals surface area contributed by atoms with Gasteiger partial charge in [0.1, 0.15) is 16.4 Å². The van der Waals surface area contributed by atoms with Crippen molar-refractivity contribution in [3.63, 3.8) is 0 Å². The second-order valence-corrected chi connectivity index (χ2v) is 8.32. The predicted molar refractivity (Wildman–Crippen MR) is 107 cm³/mol. The highest BCUT2D eigenvalue weighted by Gasteiger charge is 2.24. The minimum atomic E-state index is 0.719. The van der Waals surface area contributed by atoms with E-state index in [-0.39, 0.29) is 0 Å². The Labute approximate surface area is 163 Å². The van der Waals surface area contributed by atoms with Crippen LogP contribution in [0, 0.1) is 6.92 Å². The fraction of sp³-hybridized carbons (Fsp3) is 0.429. The first-order valence-corrected chi connectivity index (χ1v) is 10.4. The summed E-state index contributed by atoms with van der Waals surface area (Å²) in [6.07, 6.45) is 3.47. The number of hydrogen-bond donors (Lipinski definition) is 0. The number of fused-ring (bicyclic) bond motifs is 3. The van der Waals surface area contributed by atoms with Crippen molar-refractivity contribution >= 4 is 21.6 Å². The van der Waals surface area contributed by atoms with E-state index in [1.165, 1.54) is 16.9 Å². The normalized spacial score (nSPS) is 17.4. The van der Waals surface area contributed by atoms with E-state index in [4.69, 9.17) is 19.4 Å². The Balaban J connectivity index is 1.56. The van der Waals surface area contributed by atoms with E-state index in [1.54, 1.807) is 0 Å². The van der Waals surface area contributed by atoms with E-state index in [2.05, 4.69) is 17.9 Å². The van der Waals surface area contributed by atoms with Crippen molar-refractivity contribution in [1.82, 2.24) is 14.9 Å². The van der Waals surface area contributed by atoms with E-state index in [0.717, 1.165) is 78.9 Å². The van der Waals surface area contributed by atoms with Crippen LogP contribution >= 0.6 is 11.3 Å². The van der Waals surface area contributed by atoms with Gasteiger partial charge in [-0.2, -0.15) is 4.98 Å². The van der Waals surface area contributed by atoms with Gasteiger partial charge in [0.15, 0.2) is 0 Å². The average molecular weight is 382 g/mol. The molecule has 0 N–H and O–H groups in total. The van der Waals surface area contributed by atoms with Crippen LogP contribution in [-0.2, 0) is 24.1 Å². The Kier molecular flexibility index (Phi) is 4.55. The molecular formula is C21H23N3O2S. The number of benzene rings is 1. The van der Waals surface area contributed by atoms with Crippen molar-refractivity contribution in [2.45, 2.75) is 32.7 Å². The van der Waals surface area contributed by atoms with Crippen LogP contribution in [0.15, 0.2) is 24.3 Å². The molecule has 0 radical (unpaired) electrons. The molecule has 5 rings (SSSR count). The summed E-state index contributed by atoms with van der Waals surface area (Å²) in [6.45, 7) is 6.23. The van der Waals surface area contributed by atoms with Gasteiger partial charge in [0, 0.05) is 18.0 Å². The molecule has 2 aromatic heterocycles. The van der Waals surface area contributed by atoms with Crippen molar-refractivity contribution in [2.75, 3.05) is 26.3 Å². The SMILES string of the molecule is Cc1ccccc1Oc1nc(CN2CCOCC2)nc2sc3c(c12)CCC3. The highest BCUT2D eigenvalue weighted by atomic mass is 32.1. The number of rotatable bonds is 4. The van der Waals surface area contributed by atoms with Crippen molar-refractivity contribution in [1.29, 1.82) is 0 Å². The van der Waals surface area contributed by atoms with E-state index < -0.39 is 0 Å². The molecule has 1 fully saturated rings. The number of thiophene rings is 1. The fourth-order valence-electron chi connectivity index (χ4n) is 3.88. The van der Waals surface area contributed by atoms with Crippen LogP contribution in [0.4, 0.5) is 0 Å². The van der Waals surface area contributed by atoms with E-state index in [1.807, 2.05) is 29.5 Å². The predicted octanol–water partition coefficient (Wildman–Crippen LogP) is 4.11. The van der Waals surface area contributed by atoms with Gasteiger partial charge in [0.25, 0.3) is 0 Å². The number of aromatic nitrogens is 2. The quantitative estimate of drug-likeness (QED) is 0.681. The van der Waals surface area contributed by atoms with Crippen LogP contribution in [0.3, 0.4) is 0 Å². The van der Waals surface area contributed by atoms with Crippen LogP contribution in [0.5, 0.6) is 11.6 Å². The Morgan fingerprint density at radius 2 is 2.00 bits per heavy atom. The molecule has 3 aromatic rings. The summed E-state index contributed by atoms with van der Waals surface area (Å²) < 4.78 is 11.8. The van der Waals surface area contributed by atoms with Gasteiger partial charge < -0.3 is 9.47 Å². The molecule has 1 saturated heterocycles. The molecule has 0 amide bonds. The third-order valence-electron chi connectivity index (χ3n) is 5.35. The van der Waals surface area contributed by atoms with Gasteiger partial charge in [0.05, 0.1) is 25.1 Å². The smallest absolute Gasteiger partial charge is 0.231 e. The Morgan fingerprint density at radius 3 is 2.85 bits per heavy atom. The monoisotopic (exact) mass is 381 g/mol. The molecule has 6 heteroatoms. The molecule has 0 spiro atoms. The molecule has 0 unspecified atom stereocenters. The topological polar surface area (TPSA) is 47.5 Å². The molecule has 1 aliphatic carbocycles. The van der Waals surface area contributed by atoms with Crippen molar-refractivity contribution in [3.8, 4) is 11.6 Å². The first-order chi connectivity index (χ1) is 13.3. The van der Waals surface area contributed by atoms with Crippen LogP contribution in [0.25, 0.3) is 10.2 Å². The number of para-hydroxylation sites is 1. The molecule has 0 bridgehead atoms. The lowest BCUT2D eigenvalue weighted by Gasteiger charge is -2.25. The molecule has 1 aliphatic heterocycles. The number of aryl methyl sites for hydroxylation is 3. The average Bonchev–Trinajstić information content (AvgIpc) is 3.25. The zero-order valence-corrected chi connectivity index (χ0v) is 16.3. The van der Waals surface area contributed by atoms with Gasteiger partial charge in [-0.15, -0.1) is 11.3 Å². The van der Waals surface area contributed by atoms with Crippen molar-refractivity contribution in [3.05, 3.63) is 46.1 Å². The second kappa shape index (κ2) is 7.19. The highest BCUT2D eigenvalue weighted by molar-refractivity contribution is 7.19. The first kappa shape index (κ1) is 17.1. The summed E-state index contributed by atoms with van der Waals surface area (Å²) in [5, 5.41) is 1.13. The Bertz CT molecular complexity index is 979. The number of nitrogens with zero attached hydrogens (tertiary/aromatic N) is 3. The zero-order valence-electron chi connectivity index (χ0n) is 15.5. The second-order valence-electron chi connectivity index (χ2n) is 7.24. The number of hydrogen-bond acceptors (Lipinski definition) is 6. The van der Waals surface area contributed by atoms with Gasteiger partial charge in [-0.3, -0.25) is 4.90 Å². The van der Waals surface area contributed by atoms with Crippen LogP contribution in [0.2, 0.25) is 0 Å². The van der Waals surface area contributed by atoms with E-state index in [0.29, 0.717) is 0 Å².